The van der Waals surface area contributed by atoms with Gasteiger partial charge in [0.25, 0.3) is 5.91 Å². The summed E-state index contributed by atoms with van der Waals surface area (Å²) < 4.78 is 5.41. The van der Waals surface area contributed by atoms with Crippen molar-refractivity contribution in [3.05, 3.63) is 64.7 Å². The maximum atomic E-state index is 11.9. The molecule has 2 aromatic rings. The van der Waals surface area contributed by atoms with Crippen LogP contribution in [0.1, 0.15) is 24.1 Å². The Morgan fingerprint density at radius 3 is 2.38 bits per heavy atom. The van der Waals surface area contributed by atoms with Crippen LogP contribution in [0.15, 0.2) is 48.5 Å². The Balaban J connectivity index is 1.83. The zero-order chi connectivity index (χ0) is 15.2. The van der Waals surface area contributed by atoms with Crippen LogP contribution in [0.5, 0.6) is 5.75 Å². The summed E-state index contributed by atoms with van der Waals surface area (Å²) in [4.78, 5) is 11.9. The Morgan fingerprint density at radius 2 is 1.76 bits per heavy atom. The predicted octanol–water partition coefficient (Wildman–Crippen LogP) is 3.90. The first-order valence-electron chi connectivity index (χ1n) is 6.79. The Kier molecular flexibility index (Phi) is 5.23. The van der Waals surface area contributed by atoms with Crippen molar-refractivity contribution in [2.24, 2.45) is 0 Å². The third-order valence-corrected chi connectivity index (χ3v) is 3.39. The van der Waals surface area contributed by atoms with Gasteiger partial charge in [0.1, 0.15) is 5.75 Å². The summed E-state index contributed by atoms with van der Waals surface area (Å²) in [5.74, 6) is 0.468. The Labute approximate surface area is 129 Å². The zero-order valence-corrected chi connectivity index (χ0v) is 12.9. The molecule has 0 saturated carbocycles. The highest BCUT2D eigenvalue weighted by Crippen LogP contribution is 2.16. The molecule has 2 aromatic carbocycles. The number of carbonyl (C=O) groups excluding carboxylic acids is 1. The van der Waals surface area contributed by atoms with Crippen molar-refractivity contribution in [3.8, 4) is 5.75 Å². The molecule has 1 atom stereocenters. The van der Waals surface area contributed by atoms with Gasteiger partial charge in [0.05, 0.1) is 6.04 Å². The van der Waals surface area contributed by atoms with Crippen LogP contribution in [0.4, 0.5) is 0 Å². The molecule has 0 heterocycles. The number of nitrogens with one attached hydrogen (secondary N) is 1. The molecule has 2 rings (SSSR count). The Hall–Kier alpha value is -2.00. The first kappa shape index (κ1) is 15.4. The number of ether oxygens (including phenoxy) is 1. The van der Waals surface area contributed by atoms with Crippen LogP contribution in [-0.2, 0) is 4.79 Å². The maximum Gasteiger partial charge on any atom is 0.258 e. The van der Waals surface area contributed by atoms with Crippen LogP contribution >= 0.6 is 11.6 Å². The lowest BCUT2D eigenvalue weighted by atomic mass is 10.1. The van der Waals surface area contributed by atoms with E-state index in [0.29, 0.717) is 10.8 Å². The van der Waals surface area contributed by atoms with E-state index in [4.69, 9.17) is 16.3 Å². The highest BCUT2D eigenvalue weighted by atomic mass is 35.5. The van der Waals surface area contributed by atoms with Crippen molar-refractivity contribution in [3.63, 3.8) is 0 Å². The molecule has 0 aliphatic carbocycles. The molecule has 0 fully saturated rings. The van der Waals surface area contributed by atoms with Gasteiger partial charge in [-0.25, -0.2) is 0 Å². The van der Waals surface area contributed by atoms with Crippen molar-refractivity contribution in [2.45, 2.75) is 19.9 Å². The van der Waals surface area contributed by atoms with Gasteiger partial charge in [-0.15, -0.1) is 0 Å². The fourth-order valence-corrected chi connectivity index (χ4v) is 2.03. The molecule has 3 nitrogen and oxygen atoms in total. The van der Waals surface area contributed by atoms with Crippen molar-refractivity contribution in [1.82, 2.24) is 5.32 Å². The topological polar surface area (TPSA) is 38.3 Å². The third kappa shape index (κ3) is 4.80. The highest BCUT2D eigenvalue weighted by molar-refractivity contribution is 6.30. The standard InChI is InChI=1S/C17H18ClNO2/c1-12-3-5-14(6-4-12)13(2)19-17(20)11-21-16-9-7-15(18)8-10-16/h3-10,13H,11H2,1-2H3,(H,19,20). The largest absolute Gasteiger partial charge is 0.484 e. The van der Waals surface area contributed by atoms with Gasteiger partial charge in [0.2, 0.25) is 0 Å². The molecule has 1 amide bonds. The minimum atomic E-state index is -0.155. The van der Waals surface area contributed by atoms with E-state index in [1.165, 1.54) is 5.56 Å². The van der Waals surface area contributed by atoms with Gasteiger partial charge in [-0.2, -0.15) is 0 Å². The van der Waals surface area contributed by atoms with Crippen LogP contribution in [0.25, 0.3) is 0 Å². The van der Waals surface area contributed by atoms with Gasteiger partial charge in [0.15, 0.2) is 6.61 Å². The second kappa shape index (κ2) is 7.14. The van der Waals surface area contributed by atoms with Crippen LogP contribution in [0, 0.1) is 6.92 Å². The smallest absolute Gasteiger partial charge is 0.258 e. The third-order valence-electron chi connectivity index (χ3n) is 3.14. The molecule has 4 heteroatoms. The number of amides is 1. The second-order valence-corrected chi connectivity index (χ2v) is 5.38. The molecule has 1 N–H and O–H groups in total. The van der Waals surface area contributed by atoms with Gasteiger partial charge < -0.3 is 10.1 Å². The normalized spacial score (nSPS) is 11.8. The van der Waals surface area contributed by atoms with E-state index < -0.39 is 0 Å². The van der Waals surface area contributed by atoms with Gasteiger partial charge in [-0.05, 0) is 43.7 Å². The van der Waals surface area contributed by atoms with E-state index in [1.807, 2.05) is 38.1 Å². The number of hydrogen-bond donors (Lipinski definition) is 1. The number of carbonyl (C=O) groups is 1. The summed E-state index contributed by atoms with van der Waals surface area (Å²) in [6.45, 7) is 3.97. The summed E-state index contributed by atoms with van der Waals surface area (Å²) >= 11 is 5.79. The first-order chi connectivity index (χ1) is 10.0. The number of benzene rings is 2. The van der Waals surface area contributed by atoms with Gasteiger partial charge in [0, 0.05) is 5.02 Å². The number of hydrogen-bond acceptors (Lipinski definition) is 2. The number of rotatable bonds is 5. The lowest BCUT2D eigenvalue weighted by Crippen LogP contribution is -2.31. The van der Waals surface area contributed by atoms with Crippen molar-refractivity contribution < 1.29 is 9.53 Å². The highest BCUT2D eigenvalue weighted by Gasteiger charge is 2.09. The predicted molar refractivity (Wildman–Crippen MR) is 84.7 cm³/mol. The molecule has 110 valence electrons. The second-order valence-electron chi connectivity index (χ2n) is 4.94. The van der Waals surface area contributed by atoms with Crippen LogP contribution in [0.2, 0.25) is 5.02 Å². The summed E-state index contributed by atoms with van der Waals surface area (Å²) in [6, 6.07) is 15.0. The quantitative estimate of drug-likeness (QED) is 0.909. The molecular formula is C17H18ClNO2. The monoisotopic (exact) mass is 303 g/mol. The molecule has 0 aliphatic heterocycles. The summed E-state index contributed by atoms with van der Waals surface area (Å²) in [6.07, 6.45) is 0. The van der Waals surface area contributed by atoms with Gasteiger partial charge >= 0.3 is 0 Å². The summed E-state index contributed by atoms with van der Waals surface area (Å²) in [7, 11) is 0. The Morgan fingerprint density at radius 1 is 1.14 bits per heavy atom. The van der Waals surface area contributed by atoms with Crippen LogP contribution in [0.3, 0.4) is 0 Å². The SMILES string of the molecule is Cc1ccc(C(C)NC(=O)COc2ccc(Cl)cc2)cc1. The molecule has 21 heavy (non-hydrogen) atoms. The molecular weight excluding hydrogens is 286 g/mol. The maximum absolute atomic E-state index is 11.9. The molecule has 0 spiro atoms. The van der Waals surface area contributed by atoms with Crippen LogP contribution < -0.4 is 10.1 Å². The lowest BCUT2D eigenvalue weighted by Gasteiger charge is -2.15. The average molecular weight is 304 g/mol. The van der Waals surface area contributed by atoms with Crippen molar-refractivity contribution in [1.29, 1.82) is 0 Å². The molecule has 0 saturated heterocycles. The fraction of sp³-hybridized carbons (Fsp3) is 0.235. The minimum absolute atomic E-state index is 0.0160. The van der Waals surface area contributed by atoms with E-state index in [-0.39, 0.29) is 18.6 Å². The lowest BCUT2D eigenvalue weighted by molar-refractivity contribution is -0.123. The van der Waals surface area contributed by atoms with E-state index in [1.54, 1.807) is 24.3 Å². The van der Waals surface area contributed by atoms with E-state index >= 15 is 0 Å². The number of halogens is 1. The van der Waals surface area contributed by atoms with Gasteiger partial charge in [-0.3, -0.25) is 4.79 Å². The van der Waals surface area contributed by atoms with Crippen molar-refractivity contribution in [2.75, 3.05) is 6.61 Å². The van der Waals surface area contributed by atoms with E-state index in [9.17, 15) is 4.79 Å². The zero-order valence-electron chi connectivity index (χ0n) is 12.1. The summed E-state index contributed by atoms with van der Waals surface area (Å²) in [5.41, 5.74) is 2.27. The van der Waals surface area contributed by atoms with E-state index in [2.05, 4.69) is 5.32 Å². The number of aryl methyl sites for hydroxylation is 1. The molecule has 0 bridgehead atoms. The fourth-order valence-electron chi connectivity index (χ4n) is 1.90. The minimum Gasteiger partial charge on any atom is -0.484 e. The van der Waals surface area contributed by atoms with Crippen molar-refractivity contribution >= 4 is 17.5 Å². The first-order valence-corrected chi connectivity index (χ1v) is 7.16. The molecule has 0 aliphatic rings. The van der Waals surface area contributed by atoms with Crippen LogP contribution in [-0.4, -0.2) is 12.5 Å². The molecule has 0 radical (unpaired) electrons. The van der Waals surface area contributed by atoms with E-state index in [0.717, 1.165) is 5.56 Å². The summed E-state index contributed by atoms with van der Waals surface area (Å²) in [5, 5.41) is 3.55. The average Bonchev–Trinajstić information content (AvgIpc) is 2.47. The molecule has 1 unspecified atom stereocenters. The Bertz CT molecular complexity index is 593. The van der Waals surface area contributed by atoms with Gasteiger partial charge in [-0.1, -0.05) is 41.4 Å². The molecule has 0 aromatic heterocycles.